The predicted octanol–water partition coefficient (Wildman–Crippen LogP) is 6.43. The van der Waals surface area contributed by atoms with Gasteiger partial charge in [0.15, 0.2) is 12.4 Å². The van der Waals surface area contributed by atoms with E-state index in [0.717, 1.165) is 33.5 Å². The fourth-order valence-electron chi connectivity index (χ4n) is 4.14. The lowest BCUT2D eigenvalue weighted by atomic mass is 10.1. The summed E-state index contributed by atoms with van der Waals surface area (Å²) in [6.07, 6.45) is -4.10. The molecule has 0 unspecified atom stereocenters. The molecule has 1 amide bonds. The highest BCUT2D eigenvalue weighted by molar-refractivity contribution is 5.98. The Morgan fingerprint density at radius 3 is 2.08 bits per heavy atom. The van der Waals surface area contributed by atoms with Crippen LogP contribution in [0, 0.1) is 12.8 Å². The van der Waals surface area contributed by atoms with E-state index in [9.17, 15) is 31.1 Å². The molecule has 0 saturated heterocycles. The number of fused-ring (bicyclic) bond motifs is 1. The molecule has 2 aromatic carbocycles. The number of hydrogen-bond acceptors (Lipinski definition) is 9. The number of nitrogens with one attached hydrogen (secondary N) is 2. The Balaban J connectivity index is 0.000000441. The van der Waals surface area contributed by atoms with E-state index < -0.39 is 24.3 Å². The second-order valence-electron chi connectivity index (χ2n) is 12.5. The number of carbonyl (C=O) groups excluding carboxylic acids is 1. The van der Waals surface area contributed by atoms with Gasteiger partial charge < -0.3 is 30.3 Å². The Kier molecular flexibility index (Phi) is 13.0. The van der Waals surface area contributed by atoms with E-state index in [2.05, 4.69) is 15.7 Å². The molecule has 19 heteroatoms. The van der Waals surface area contributed by atoms with E-state index >= 15 is 0 Å². The van der Waals surface area contributed by atoms with E-state index in [1.165, 1.54) is 12.8 Å². The Morgan fingerprint density at radius 2 is 1.56 bits per heavy atom. The number of aromatic nitrogens is 4. The lowest BCUT2D eigenvalue weighted by Gasteiger charge is -2.20. The van der Waals surface area contributed by atoms with Gasteiger partial charge in [0.2, 0.25) is 0 Å². The van der Waals surface area contributed by atoms with Crippen LogP contribution >= 0.6 is 0 Å². The second kappa shape index (κ2) is 16.6. The van der Waals surface area contributed by atoms with Gasteiger partial charge in [0.1, 0.15) is 17.3 Å². The quantitative estimate of drug-likeness (QED) is 0.139. The van der Waals surface area contributed by atoms with Crippen LogP contribution < -0.4 is 20.1 Å². The zero-order valence-corrected chi connectivity index (χ0v) is 28.5. The maximum atomic E-state index is 12.2. The molecule has 4 N–H and O–H groups in total. The van der Waals surface area contributed by atoms with Crippen molar-refractivity contribution in [1.29, 1.82) is 0 Å². The molecule has 0 atom stereocenters. The van der Waals surface area contributed by atoms with E-state index in [-0.39, 0.29) is 18.1 Å². The summed E-state index contributed by atoms with van der Waals surface area (Å²) in [6.45, 7) is 8.46. The molecule has 2 heterocycles. The maximum Gasteiger partial charge on any atom is 0.490 e. The molecule has 13 nitrogen and oxygen atoms in total. The molecule has 0 spiro atoms. The van der Waals surface area contributed by atoms with Gasteiger partial charge in [-0.3, -0.25) is 9.48 Å². The number of rotatable bonds is 9. The summed E-state index contributed by atoms with van der Waals surface area (Å²) in [5.74, 6) is -2.53. The van der Waals surface area contributed by atoms with Gasteiger partial charge in [-0.2, -0.15) is 31.4 Å². The summed E-state index contributed by atoms with van der Waals surface area (Å²) >= 11 is 0. The van der Waals surface area contributed by atoms with Crippen molar-refractivity contribution in [3.8, 4) is 22.9 Å². The number of aryl methyl sites for hydroxylation is 2. The van der Waals surface area contributed by atoms with Crippen molar-refractivity contribution in [2.24, 2.45) is 13.0 Å². The van der Waals surface area contributed by atoms with Gasteiger partial charge in [-0.15, -0.1) is 0 Å². The van der Waals surface area contributed by atoms with E-state index in [4.69, 9.17) is 39.2 Å². The summed E-state index contributed by atoms with van der Waals surface area (Å²) in [4.78, 5) is 39.8. The number of carbonyl (C=O) groups is 3. The highest BCUT2D eigenvalue weighted by Gasteiger charge is 2.39. The van der Waals surface area contributed by atoms with Crippen molar-refractivity contribution in [3.05, 3.63) is 54.4 Å². The number of ether oxygens (including phenoxy) is 2. The molecule has 1 fully saturated rings. The lowest BCUT2D eigenvalue weighted by molar-refractivity contribution is -0.193. The number of anilines is 2. The van der Waals surface area contributed by atoms with Crippen molar-refractivity contribution in [2.45, 2.75) is 58.4 Å². The van der Waals surface area contributed by atoms with Crippen LogP contribution in [0.2, 0.25) is 0 Å². The van der Waals surface area contributed by atoms with Crippen molar-refractivity contribution in [1.82, 2.24) is 25.1 Å². The molecule has 1 saturated carbocycles. The first-order valence-electron chi connectivity index (χ1n) is 15.4. The number of halogens is 6. The largest absolute Gasteiger partial charge is 0.492 e. The van der Waals surface area contributed by atoms with Crippen LogP contribution in [0.15, 0.2) is 48.8 Å². The van der Waals surface area contributed by atoms with Gasteiger partial charge in [0, 0.05) is 24.3 Å². The number of carboxylic acid groups (broad SMARTS) is 2. The molecular formula is C33H36F6N6O7. The number of alkyl halides is 6. The van der Waals surface area contributed by atoms with Crippen molar-refractivity contribution in [2.75, 3.05) is 18.5 Å². The average Bonchev–Trinajstić information content (AvgIpc) is 3.77. The third-order valence-electron chi connectivity index (χ3n) is 6.60. The Hall–Kier alpha value is -5.62. The van der Waals surface area contributed by atoms with Crippen molar-refractivity contribution >= 4 is 40.3 Å². The van der Waals surface area contributed by atoms with Gasteiger partial charge in [0.05, 0.1) is 29.4 Å². The molecule has 282 valence electrons. The average molecular weight is 743 g/mol. The molecule has 4 aromatic rings. The highest BCUT2D eigenvalue weighted by Crippen LogP contribution is 2.38. The summed E-state index contributed by atoms with van der Waals surface area (Å²) in [5, 5.41) is 25.7. The van der Waals surface area contributed by atoms with E-state index in [1.807, 2.05) is 77.3 Å². The van der Waals surface area contributed by atoms with Crippen LogP contribution in [0.5, 0.6) is 11.5 Å². The normalized spacial score (nSPS) is 12.8. The number of aliphatic carboxylic acids is 2. The van der Waals surface area contributed by atoms with Crippen LogP contribution in [0.25, 0.3) is 22.3 Å². The fourth-order valence-corrected chi connectivity index (χ4v) is 4.14. The number of benzene rings is 2. The van der Waals surface area contributed by atoms with E-state index in [1.54, 1.807) is 10.9 Å². The minimum Gasteiger partial charge on any atom is -0.492 e. The van der Waals surface area contributed by atoms with Gasteiger partial charge in [-0.1, -0.05) is 18.2 Å². The first-order chi connectivity index (χ1) is 24.0. The summed E-state index contributed by atoms with van der Waals surface area (Å²) in [7, 11) is 1.87. The maximum absolute atomic E-state index is 12.2. The lowest BCUT2D eigenvalue weighted by Crippen LogP contribution is -2.43. The SMILES string of the molecule is Cc1ccc2nc(-c3cccc(OCC(=O)NC(C)(C)C)c3)nc(Nc3cnn(C)c3)c2c1OCC1CC1.O=C(O)C(F)(F)F.O=C(O)C(F)(F)F. The summed E-state index contributed by atoms with van der Waals surface area (Å²) in [6, 6.07) is 11.5. The minimum absolute atomic E-state index is 0.0753. The molecule has 1 aliphatic rings. The van der Waals surface area contributed by atoms with Gasteiger partial charge in [-0.25, -0.2) is 19.6 Å². The Morgan fingerprint density at radius 1 is 0.942 bits per heavy atom. The molecule has 1 aliphatic carbocycles. The van der Waals surface area contributed by atoms with Crippen LogP contribution in [-0.4, -0.2) is 78.9 Å². The zero-order chi connectivity index (χ0) is 39.0. The van der Waals surface area contributed by atoms with Crippen LogP contribution in [0.3, 0.4) is 0 Å². The van der Waals surface area contributed by atoms with Crippen molar-refractivity contribution < 1.29 is 60.4 Å². The topological polar surface area (TPSA) is 178 Å². The first kappa shape index (κ1) is 40.8. The monoisotopic (exact) mass is 742 g/mol. The number of amides is 1. The molecule has 52 heavy (non-hydrogen) atoms. The molecule has 0 radical (unpaired) electrons. The van der Waals surface area contributed by atoms with Crippen LogP contribution in [0.4, 0.5) is 37.8 Å². The summed E-state index contributed by atoms with van der Waals surface area (Å²) in [5.41, 5.74) is 3.07. The van der Waals surface area contributed by atoms with Gasteiger partial charge in [-0.05, 0) is 70.2 Å². The Bertz CT molecular complexity index is 1860. The van der Waals surface area contributed by atoms with Gasteiger partial charge in [0.25, 0.3) is 5.91 Å². The van der Waals surface area contributed by atoms with Crippen molar-refractivity contribution in [3.63, 3.8) is 0 Å². The number of carboxylic acids is 2. The first-order valence-corrected chi connectivity index (χ1v) is 15.4. The highest BCUT2D eigenvalue weighted by atomic mass is 19.4. The van der Waals surface area contributed by atoms with Crippen LogP contribution in [-0.2, 0) is 21.4 Å². The molecule has 5 rings (SSSR count). The molecular weight excluding hydrogens is 706 g/mol. The van der Waals surface area contributed by atoms with Crippen LogP contribution in [0.1, 0.15) is 39.2 Å². The molecule has 0 aliphatic heterocycles. The standard InChI is InChI=1S/C29H34N6O3.2C2HF3O2/c1-18-9-12-23-25(26(18)38-16-19-10-11-19)28(31-21-14-30-35(5)15-21)33-27(32-23)20-7-6-8-22(13-20)37-17-24(36)34-29(2,3)4;2*3-2(4,5)1(6)7/h6-9,12-15,19H,10-11,16-17H2,1-5H3,(H,34,36)(H,31,32,33);2*(H,6,7). The third kappa shape index (κ3) is 12.9. The smallest absolute Gasteiger partial charge is 0.490 e. The molecule has 2 aromatic heterocycles. The summed E-state index contributed by atoms with van der Waals surface area (Å²) < 4.78 is 77.3. The van der Waals surface area contributed by atoms with E-state index in [0.29, 0.717) is 29.9 Å². The number of nitrogens with zero attached hydrogens (tertiary/aromatic N) is 4. The fraction of sp³-hybridized carbons (Fsp3) is 0.394. The van der Waals surface area contributed by atoms with Gasteiger partial charge >= 0.3 is 24.3 Å². The second-order valence-corrected chi connectivity index (χ2v) is 12.5. The third-order valence-corrected chi connectivity index (χ3v) is 6.60. The predicted molar refractivity (Wildman–Crippen MR) is 175 cm³/mol. The number of hydrogen-bond donors (Lipinski definition) is 4. The zero-order valence-electron chi connectivity index (χ0n) is 28.5. The minimum atomic E-state index is -5.08. The Labute approximate surface area is 293 Å². The molecule has 0 bridgehead atoms.